The molecule has 2 aromatic carbocycles. The largest absolute Gasteiger partial charge is 0.351 e. The van der Waals surface area contributed by atoms with E-state index in [1.54, 1.807) is 30.3 Å². The summed E-state index contributed by atoms with van der Waals surface area (Å²) in [4.78, 5) is 15.1. The third-order valence-corrected chi connectivity index (χ3v) is 4.36. The number of carbonyl (C=O) groups is 1. The zero-order valence-corrected chi connectivity index (χ0v) is 13.5. The summed E-state index contributed by atoms with van der Waals surface area (Å²) in [7, 11) is -3.54. The first-order valence-corrected chi connectivity index (χ1v) is 9.09. The maximum atomic E-state index is 13.7. The Morgan fingerprint density at radius 1 is 1.08 bits per heavy atom. The number of fused-ring (bicyclic) bond motifs is 1. The molecule has 0 unspecified atom stereocenters. The topological polar surface area (TPSA) is 67.0 Å². The van der Waals surface area contributed by atoms with Crippen molar-refractivity contribution >= 4 is 26.5 Å². The van der Waals surface area contributed by atoms with Crippen LogP contribution in [0.5, 0.6) is 0 Å². The van der Waals surface area contributed by atoms with Crippen LogP contribution in [0, 0.1) is 11.6 Å². The predicted octanol–water partition coefficient (Wildman–Crippen LogP) is 3.34. The van der Waals surface area contributed by atoms with Crippen LogP contribution in [-0.2, 0) is 9.84 Å². The molecule has 7 heteroatoms. The van der Waals surface area contributed by atoms with Crippen molar-refractivity contribution < 1.29 is 22.0 Å². The quantitative estimate of drug-likeness (QED) is 0.735. The molecule has 0 aliphatic rings. The fourth-order valence-corrected chi connectivity index (χ4v) is 3.23. The SMILES string of the molecule is CS(=O)(=O)CC(=O)c1[nH]c2cc(F)c(F)cc2c1-c1ccccc1. The van der Waals surface area contributed by atoms with Gasteiger partial charge in [-0.2, -0.15) is 0 Å². The van der Waals surface area contributed by atoms with E-state index < -0.39 is 33.0 Å². The molecule has 0 aliphatic carbocycles. The van der Waals surface area contributed by atoms with Crippen LogP contribution < -0.4 is 0 Å². The zero-order chi connectivity index (χ0) is 17.5. The molecular formula is C17H13F2NO3S. The molecule has 0 fully saturated rings. The molecule has 3 rings (SSSR count). The second-order valence-corrected chi connectivity index (χ2v) is 7.69. The number of rotatable bonds is 4. The molecule has 0 spiro atoms. The van der Waals surface area contributed by atoms with Gasteiger partial charge in [0.1, 0.15) is 5.75 Å². The number of hydrogen-bond acceptors (Lipinski definition) is 3. The Balaban J connectivity index is 2.30. The van der Waals surface area contributed by atoms with Crippen LogP contribution in [0.15, 0.2) is 42.5 Å². The molecule has 0 aliphatic heterocycles. The Morgan fingerprint density at radius 2 is 1.71 bits per heavy atom. The lowest BCUT2D eigenvalue weighted by molar-refractivity contribution is 0.101. The van der Waals surface area contributed by atoms with Crippen LogP contribution in [0.2, 0.25) is 0 Å². The number of carbonyl (C=O) groups excluding carboxylic acids is 1. The summed E-state index contributed by atoms with van der Waals surface area (Å²) in [6.45, 7) is 0. The summed E-state index contributed by atoms with van der Waals surface area (Å²) in [6, 6.07) is 10.6. The third-order valence-electron chi connectivity index (χ3n) is 3.57. The van der Waals surface area contributed by atoms with Gasteiger partial charge in [0.25, 0.3) is 0 Å². The summed E-state index contributed by atoms with van der Waals surface area (Å²) in [5.41, 5.74) is 1.21. The molecule has 1 heterocycles. The van der Waals surface area contributed by atoms with Crippen molar-refractivity contribution in [3.63, 3.8) is 0 Å². The Labute approximate surface area is 137 Å². The lowest BCUT2D eigenvalue weighted by Gasteiger charge is -2.04. The van der Waals surface area contributed by atoms with Crippen molar-refractivity contribution in [2.45, 2.75) is 0 Å². The first-order valence-electron chi connectivity index (χ1n) is 7.03. The molecule has 0 bridgehead atoms. The zero-order valence-electron chi connectivity index (χ0n) is 12.6. The fraction of sp³-hybridized carbons (Fsp3) is 0.118. The van der Waals surface area contributed by atoms with Crippen molar-refractivity contribution in [3.8, 4) is 11.1 Å². The average molecular weight is 349 g/mol. The second kappa shape index (κ2) is 5.83. The number of benzene rings is 2. The summed E-state index contributed by atoms with van der Waals surface area (Å²) < 4.78 is 50.0. The van der Waals surface area contributed by atoms with Crippen molar-refractivity contribution in [3.05, 3.63) is 59.8 Å². The number of nitrogens with one attached hydrogen (secondary N) is 1. The van der Waals surface area contributed by atoms with Crippen LogP contribution in [0.4, 0.5) is 8.78 Å². The summed E-state index contributed by atoms with van der Waals surface area (Å²) in [5.74, 6) is -3.44. The molecule has 0 saturated heterocycles. The number of halogens is 2. The Morgan fingerprint density at radius 3 is 2.33 bits per heavy atom. The van der Waals surface area contributed by atoms with Gasteiger partial charge in [-0.05, 0) is 11.6 Å². The van der Waals surface area contributed by atoms with E-state index in [2.05, 4.69) is 4.98 Å². The molecule has 0 amide bonds. The van der Waals surface area contributed by atoms with E-state index in [-0.39, 0.29) is 11.2 Å². The van der Waals surface area contributed by atoms with Gasteiger partial charge in [-0.1, -0.05) is 30.3 Å². The van der Waals surface area contributed by atoms with Gasteiger partial charge >= 0.3 is 0 Å². The molecule has 0 atom stereocenters. The van der Waals surface area contributed by atoms with Gasteiger partial charge in [-0.15, -0.1) is 0 Å². The average Bonchev–Trinajstić information content (AvgIpc) is 2.85. The first-order chi connectivity index (χ1) is 11.3. The van der Waals surface area contributed by atoms with E-state index in [4.69, 9.17) is 0 Å². The maximum absolute atomic E-state index is 13.7. The molecule has 24 heavy (non-hydrogen) atoms. The van der Waals surface area contributed by atoms with Crippen LogP contribution in [0.3, 0.4) is 0 Å². The molecular weight excluding hydrogens is 336 g/mol. The molecule has 0 saturated carbocycles. The summed E-state index contributed by atoms with van der Waals surface area (Å²) in [5, 5.41) is 0.317. The maximum Gasteiger partial charge on any atom is 0.194 e. The molecule has 124 valence electrons. The van der Waals surface area contributed by atoms with Crippen molar-refractivity contribution in [1.82, 2.24) is 4.98 Å². The third kappa shape index (κ3) is 3.07. The van der Waals surface area contributed by atoms with Gasteiger partial charge in [-0.3, -0.25) is 4.79 Å². The monoisotopic (exact) mass is 349 g/mol. The molecule has 1 aromatic heterocycles. The molecule has 3 aromatic rings. The van der Waals surface area contributed by atoms with Crippen molar-refractivity contribution in [1.29, 1.82) is 0 Å². The van der Waals surface area contributed by atoms with E-state index in [1.807, 2.05) is 0 Å². The van der Waals surface area contributed by atoms with Gasteiger partial charge < -0.3 is 4.98 Å². The minimum absolute atomic E-state index is 0.0200. The fourth-order valence-electron chi connectivity index (χ4n) is 2.61. The van der Waals surface area contributed by atoms with Gasteiger partial charge in [-0.25, -0.2) is 17.2 Å². The van der Waals surface area contributed by atoms with Crippen molar-refractivity contribution in [2.75, 3.05) is 12.0 Å². The summed E-state index contributed by atoms with van der Waals surface area (Å²) in [6.07, 6.45) is 0.953. The van der Waals surface area contributed by atoms with Crippen molar-refractivity contribution in [2.24, 2.45) is 0 Å². The molecule has 4 nitrogen and oxygen atoms in total. The molecule has 1 N–H and O–H groups in total. The van der Waals surface area contributed by atoms with Gasteiger partial charge in [0.15, 0.2) is 27.3 Å². The number of Topliss-reactive ketones (excluding diaryl/α,β-unsaturated/α-hetero) is 1. The number of ketones is 1. The highest BCUT2D eigenvalue weighted by Gasteiger charge is 2.23. The smallest absolute Gasteiger partial charge is 0.194 e. The highest BCUT2D eigenvalue weighted by molar-refractivity contribution is 7.91. The van der Waals surface area contributed by atoms with Gasteiger partial charge in [0.2, 0.25) is 0 Å². The molecule has 0 radical (unpaired) electrons. The minimum Gasteiger partial charge on any atom is -0.351 e. The number of H-pyrrole nitrogens is 1. The predicted molar refractivity (Wildman–Crippen MR) is 87.7 cm³/mol. The van der Waals surface area contributed by atoms with Gasteiger partial charge in [0.05, 0.1) is 5.69 Å². The second-order valence-electron chi connectivity index (χ2n) is 5.55. The van der Waals surface area contributed by atoms with E-state index in [1.165, 1.54) is 0 Å². The Bertz CT molecular complexity index is 1040. The van der Waals surface area contributed by atoms with E-state index in [9.17, 15) is 22.0 Å². The Kier molecular flexibility index (Phi) is 3.96. The normalized spacial score (nSPS) is 11.8. The van der Waals surface area contributed by atoms with Crippen LogP contribution in [0.25, 0.3) is 22.0 Å². The lowest BCUT2D eigenvalue weighted by atomic mass is 10.0. The van der Waals surface area contributed by atoms with Crippen LogP contribution in [0.1, 0.15) is 10.5 Å². The van der Waals surface area contributed by atoms with Gasteiger partial charge in [0, 0.05) is 28.8 Å². The van der Waals surface area contributed by atoms with E-state index in [0.29, 0.717) is 16.5 Å². The summed E-state index contributed by atoms with van der Waals surface area (Å²) >= 11 is 0. The standard InChI is InChI=1S/C17H13F2NO3S/c1-24(22,23)9-15(21)17-16(10-5-3-2-4-6-10)11-7-12(18)13(19)8-14(11)20-17/h2-8,20H,9H2,1H3. The number of aromatic nitrogens is 1. The van der Waals surface area contributed by atoms with Crippen LogP contribution >= 0.6 is 0 Å². The number of sulfone groups is 1. The Hall–Kier alpha value is -2.54. The minimum atomic E-state index is -3.54. The highest BCUT2D eigenvalue weighted by Crippen LogP contribution is 2.34. The number of hydrogen-bond donors (Lipinski definition) is 1. The lowest BCUT2D eigenvalue weighted by Crippen LogP contribution is -2.15. The number of aromatic amines is 1. The van der Waals surface area contributed by atoms with E-state index >= 15 is 0 Å². The van der Waals surface area contributed by atoms with E-state index in [0.717, 1.165) is 18.4 Å². The van der Waals surface area contributed by atoms with Crippen LogP contribution in [-0.4, -0.2) is 31.2 Å². The highest BCUT2D eigenvalue weighted by atomic mass is 32.2. The first kappa shape index (κ1) is 16.3.